The van der Waals surface area contributed by atoms with Gasteiger partial charge in [0, 0.05) is 16.6 Å². The van der Waals surface area contributed by atoms with Crippen molar-refractivity contribution in [3.05, 3.63) is 73.7 Å². The third-order valence-electron chi connectivity index (χ3n) is 4.93. The summed E-state index contributed by atoms with van der Waals surface area (Å²) in [5.74, 6) is -4.51. The summed E-state index contributed by atoms with van der Waals surface area (Å²) in [6.45, 7) is -0.744. The van der Waals surface area contributed by atoms with E-state index < -0.39 is 48.6 Å². The Morgan fingerprint density at radius 2 is 1.68 bits per heavy atom. The summed E-state index contributed by atoms with van der Waals surface area (Å²) in [5.41, 5.74) is -2.51. The van der Waals surface area contributed by atoms with Crippen molar-refractivity contribution in [2.45, 2.75) is 30.7 Å². The Morgan fingerprint density at radius 1 is 1.03 bits per heavy atom. The van der Waals surface area contributed by atoms with E-state index in [1.165, 1.54) is 6.92 Å². The van der Waals surface area contributed by atoms with Crippen molar-refractivity contribution in [1.29, 1.82) is 0 Å². The van der Waals surface area contributed by atoms with Crippen molar-refractivity contribution in [2.75, 3.05) is 13.1 Å². The molecule has 4 nitrogen and oxygen atoms in total. The van der Waals surface area contributed by atoms with Gasteiger partial charge in [-0.25, -0.2) is 4.39 Å². The number of nitrogens with one attached hydrogen (secondary N) is 2. The van der Waals surface area contributed by atoms with E-state index in [9.17, 15) is 40.3 Å². The number of hydrogen-bond acceptors (Lipinski definition) is 3. The third kappa shape index (κ3) is 8.98. The van der Waals surface area contributed by atoms with Gasteiger partial charge in [0.05, 0.1) is 22.2 Å². The zero-order valence-electron chi connectivity index (χ0n) is 18.7. The van der Waals surface area contributed by atoms with Crippen LogP contribution in [0.1, 0.15) is 34.3 Å². The Balaban J connectivity index is 2.28. The molecule has 0 aliphatic carbocycles. The van der Waals surface area contributed by atoms with Gasteiger partial charge in [-0.2, -0.15) is 26.3 Å². The molecule has 0 bridgehead atoms. The highest BCUT2D eigenvalue weighted by atomic mass is 79.9. The van der Waals surface area contributed by atoms with Crippen LogP contribution in [0.2, 0.25) is 10.0 Å². The molecule has 0 aromatic heterocycles. The highest BCUT2D eigenvalue weighted by Crippen LogP contribution is 2.40. The molecule has 0 aliphatic heterocycles. The smallest absolute Gasteiger partial charge is 0.339 e. The zero-order chi connectivity index (χ0) is 28.2. The van der Waals surface area contributed by atoms with Crippen molar-refractivity contribution in [3.63, 3.8) is 0 Å². The average molecular weight is 638 g/mol. The predicted octanol–water partition coefficient (Wildman–Crippen LogP) is 7.25. The van der Waals surface area contributed by atoms with E-state index in [0.717, 1.165) is 36.4 Å². The fourth-order valence-electron chi connectivity index (χ4n) is 3.08. The van der Waals surface area contributed by atoms with Gasteiger partial charge in [-0.3, -0.25) is 4.79 Å². The number of rotatable bonds is 9. The Bertz CT molecular complexity index is 1190. The molecule has 37 heavy (non-hydrogen) atoms. The van der Waals surface area contributed by atoms with Crippen LogP contribution in [0.25, 0.3) is 5.83 Å². The van der Waals surface area contributed by atoms with E-state index in [4.69, 9.17) is 23.2 Å². The summed E-state index contributed by atoms with van der Waals surface area (Å²) in [5, 5.41) is 4.17. The van der Waals surface area contributed by atoms with Crippen LogP contribution in [0.5, 0.6) is 0 Å². The van der Waals surface area contributed by atoms with Gasteiger partial charge in [0.25, 0.3) is 5.91 Å². The van der Waals surface area contributed by atoms with E-state index in [-0.39, 0.29) is 37.5 Å². The Kier molecular flexibility index (Phi) is 10.2. The fourth-order valence-corrected chi connectivity index (χ4v) is 3.95. The monoisotopic (exact) mass is 636 g/mol. The second-order valence-electron chi connectivity index (χ2n) is 8.11. The quantitative estimate of drug-likeness (QED) is 0.225. The summed E-state index contributed by atoms with van der Waals surface area (Å²) in [6, 6.07) is 6.35. The lowest BCUT2D eigenvalue weighted by Gasteiger charge is -2.25. The maximum absolute atomic E-state index is 14.9. The molecule has 0 spiro atoms. The molecule has 202 valence electrons. The minimum absolute atomic E-state index is 0.0235. The van der Waals surface area contributed by atoms with E-state index in [1.54, 1.807) is 0 Å². The fraction of sp³-hybridized carbons (Fsp3) is 0.304. The number of carbonyl (C=O) groups is 2. The molecule has 2 N–H and O–H groups in total. The van der Waals surface area contributed by atoms with Crippen LogP contribution in [0, 0.1) is 0 Å². The average Bonchev–Trinajstić information content (AvgIpc) is 2.77. The minimum atomic E-state index is -4.87. The number of halogens is 10. The van der Waals surface area contributed by atoms with Crippen molar-refractivity contribution in [2.24, 2.45) is 0 Å². The number of benzene rings is 2. The molecule has 0 saturated heterocycles. The molecular weight excluding hydrogens is 620 g/mol. The summed E-state index contributed by atoms with van der Waals surface area (Å²) in [7, 11) is 0. The minimum Gasteiger partial charge on any atom is -0.339 e. The first-order valence-corrected chi connectivity index (χ1v) is 11.8. The Morgan fingerprint density at radius 3 is 2.19 bits per heavy atom. The van der Waals surface area contributed by atoms with Crippen LogP contribution in [0.3, 0.4) is 0 Å². The largest absolute Gasteiger partial charge is 0.401 e. The van der Waals surface area contributed by atoms with E-state index in [1.807, 2.05) is 5.32 Å². The first-order valence-electron chi connectivity index (χ1n) is 10.2. The molecule has 1 amide bonds. The summed E-state index contributed by atoms with van der Waals surface area (Å²) in [6.07, 6.45) is -8.81. The normalized spacial score (nSPS) is 15.2. The maximum atomic E-state index is 14.9. The molecule has 2 atom stereocenters. The topological polar surface area (TPSA) is 58.2 Å². The Hall–Kier alpha value is -2.15. The first kappa shape index (κ1) is 31.1. The lowest BCUT2D eigenvalue weighted by Crippen LogP contribution is -2.55. The highest BCUT2D eigenvalue weighted by molar-refractivity contribution is 9.10. The van der Waals surface area contributed by atoms with Gasteiger partial charge < -0.3 is 15.4 Å². The van der Waals surface area contributed by atoms with Gasteiger partial charge in [0.15, 0.2) is 0 Å². The van der Waals surface area contributed by atoms with Crippen molar-refractivity contribution < 1.29 is 40.3 Å². The van der Waals surface area contributed by atoms with Crippen LogP contribution in [0.4, 0.5) is 30.7 Å². The van der Waals surface area contributed by atoms with E-state index in [2.05, 4.69) is 21.2 Å². The molecule has 14 heteroatoms. The van der Waals surface area contributed by atoms with E-state index >= 15 is 0 Å². The first-order chi connectivity index (χ1) is 17.0. The number of hydrogen-bond donors (Lipinski definition) is 2. The standard InChI is InChI=1S/C23H18BrCl2F7N2O2/c1-21(11-36,9-34-10-22(28,29)30)35-20(37)14-4-2-13(6-16(14)24)19(27)8-15(23(31,32)33)12-3-5-17(25)18(26)7-12/h2-8,11,15,34H,9-10H2,1H3,(H,35,37)/b19-8-/t15?,21-/m0/s1. The van der Waals surface area contributed by atoms with Crippen molar-refractivity contribution in [3.8, 4) is 0 Å². The Labute approximate surface area is 225 Å². The van der Waals surface area contributed by atoms with Crippen molar-refractivity contribution in [1.82, 2.24) is 10.6 Å². The van der Waals surface area contributed by atoms with Crippen LogP contribution >= 0.6 is 39.1 Å². The maximum Gasteiger partial charge on any atom is 0.401 e. The number of amides is 1. The SMILES string of the molecule is C[C@@](C=O)(CNCC(F)(F)F)NC(=O)c1ccc(/C(F)=C/C(c2ccc(Cl)c(Cl)c2)C(F)(F)F)cc1Br. The predicted molar refractivity (Wildman–Crippen MR) is 129 cm³/mol. The molecule has 2 aromatic carbocycles. The van der Waals surface area contributed by atoms with Gasteiger partial charge >= 0.3 is 12.4 Å². The highest BCUT2D eigenvalue weighted by Gasteiger charge is 2.40. The van der Waals surface area contributed by atoms with Gasteiger partial charge in [-0.1, -0.05) is 35.3 Å². The summed E-state index contributed by atoms with van der Waals surface area (Å²) >= 11 is 14.6. The molecule has 0 heterocycles. The molecule has 0 aliphatic rings. The second-order valence-corrected chi connectivity index (χ2v) is 9.78. The molecule has 2 rings (SSSR count). The number of allylic oxidation sites excluding steroid dienone is 1. The number of carbonyl (C=O) groups excluding carboxylic acids is 2. The summed E-state index contributed by atoms with van der Waals surface area (Å²) < 4.78 is 92.9. The molecule has 0 fully saturated rings. The van der Waals surface area contributed by atoms with Crippen LogP contribution in [-0.4, -0.2) is 43.2 Å². The zero-order valence-corrected chi connectivity index (χ0v) is 21.8. The molecule has 0 radical (unpaired) electrons. The lowest BCUT2D eigenvalue weighted by molar-refractivity contribution is -0.139. The molecule has 2 aromatic rings. The molecule has 1 unspecified atom stereocenters. The van der Waals surface area contributed by atoms with Gasteiger partial charge in [0.2, 0.25) is 0 Å². The van der Waals surface area contributed by atoms with Crippen LogP contribution in [-0.2, 0) is 4.79 Å². The van der Waals surface area contributed by atoms with Gasteiger partial charge in [0.1, 0.15) is 23.6 Å². The number of alkyl halides is 6. The number of aldehydes is 1. The van der Waals surface area contributed by atoms with Gasteiger partial charge in [-0.05, 0) is 58.8 Å². The lowest BCUT2D eigenvalue weighted by atomic mass is 9.96. The van der Waals surface area contributed by atoms with Crippen LogP contribution in [0.15, 0.2) is 46.9 Å². The third-order valence-corrected chi connectivity index (χ3v) is 6.33. The van der Waals surface area contributed by atoms with E-state index in [0.29, 0.717) is 6.08 Å². The molecular formula is C23H18BrCl2F7N2O2. The molecule has 0 saturated carbocycles. The van der Waals surface area contributed by atoms with Crippen LogP contribution < -0.4 is 10.6 Å². The van der Waals surface area contributed by atoms with Gasteiger partial charge in [-0.15, -0.1) is 0 Å². The van der Waals surface area contributed by atoms with Crippen molar-refractivity contribution >= 4 is 57.2 Å². The second kappa shape index (κ2) is 12.1. The summed E-state index contributed by atoms with van der Waals surface area (Å²) in [4.78, 5) is 24.0.